The van der Waals surface area contributed by atoms with Gasteiger partial charge in [0.15, 0.2) is 0 Å². The molecular weight excluding hydrogens is 375 g/mol. The maximum atomic E-state index is 12.6. The number of carbonyl (C=O) groups is 2. The Balaban J connectivity index is 2.19. The summed E-state index contributed by atoms with van der Waals surface area (Å²) >= 11 is 0. The van der Waals surface area contributed by atoms with Crippen LogP contribution in [0.25, 0.3) is 0 Å². The van der Waals surface area contributed by atoms with Crippen molar-refractivity contribution in [3.8, 4) is 0 Å². The maximum Gasteiger partial charge on any atom is 0.390 e. The Morgan fingerprint density at radius 3 is 2.65 bits per heavy atom. The van der Waals surface area contributed by atoms with Gasteiger partial charge >= 0.3 is 6.18 Å². The van der Waals surface area contributed by atoms with Gasteiger partial charge in [-0.2, -0.15) is 17.5 Å². The number of hydrogen-bond donors (Lipinski definition) is 1. The molecule has 7 nitrogen and oxygen atoms in total. The molecule has 0 radical (unpaired) electrons. The van der Waals surface area contributed by atoms with E-state index in [1.807, 2.05) is 0 Å². The number of alkyl halides is 3. The predicted molar refractivity (Wildman–Crippen MR) is 85.8 cm³/mol. The normalized spacial score (nSPS) is 16.2. The van der Waals surface area contributed by atoms with Crippen LogP contribution in [0.5, 0.6) is 0 Å². The smallest absolute Gasteiger partial charge is 0.354 e. The summed E-state index contributed by atoms with van der Waals surface area (Å²) < 4.78 is 63.1. The van der Waals surface area contributed by atoms with E-state index in [2.05, 4.69) is 5.32 Å². The molecule has 1 aliphatic heterocycles. The highest BCUT2D eigenvalue weighted by Crippen LogP contribution is 2.21. The highest BCUT2D eigenvalue weighted by atomic mass is 32.2. The first-order valence-corrected chi connectivity index (χ1v) is 9.14. The first-order valence-electron chi connectivity index (χ1n) is 7.70. The van der Waals surface area contributed by atoms with Crippen molar-refractivity contribution in [2.75, 3.05) is 33.2 Å². The molecule has 1 heterocycles. The third-order valence-corrected chi connectivity index (χ3v) is 5.64. The summed E-state index contributed by atoms with van der Waals surface area (Å²) in [5.41, 5.74) is -0.0442. The van der Waals surface area contributed by atoms with Crippen LogP contribution in [0.4, 0.5) is 13.2 Å². The number of sulfonamides is 1. The molecule has 144 valence electrons. The molecule has 0 unspecified atom stereocenters. The van der Waals surface area contributed by atoms with Gasteiger partial charge in [0.25, 0.3) is 5.91 Å². The minimum atomic E-state index is -4.39. The standard InChI is InChI=1S/C15H18F3N3O4S/c1-20(7-5-15(16,17)18)14(23)11-3-2-4-12(9-11)26(24,25)21-8-6-19-13(22)10-21/h2-4,9H,5-8,10H2,1H3,(H,19,22). The minimum Gasteiger partial charge on any atom is -0.354 e. The molecule has 1 N–H and O–H groups in total. The molecule has 0 aliphatic carbocycles. The second-order valence-corrected chi connectivity index (χ2v) is 7.75. The van der Waals surface area contributed by atoms with Gasteiger partial charge < -0.3 is 10.2 Å². The Hall–Kier alpha value is -2.14. The fraction of sp³-hybridized carbons (Fsp3) is 0.467. The first-order chi connectivity index (χ1) is 12.0. The number of amides is 2. The lowest BCUT2D eigenvalue weighted by molar-refractivity contribution is -0.136. The molecule has 0 spiro atoms. The third-order valence-electron chi connectivity index (χ3n) is 3.80. The number of piperazine rings is 1. The maximum absolute atomic E-state index is 12.6. The van der Waals surface area contributed by atoms with Crippen LogP contribution in [0.15, 0.2) is 29.2 Å². The summed E-state index contributed by atoms with van der Waals surface area (Å²) in [6, 6.07) is 5.04. The van der Waals surface area contributed by atoms with Gasteiger partial charge in [-0.1, -0.05) is 6.07 Å². The van der Waals surface area contributed by atoms with Crippen LogP contribution in [0.2, 0.25) is 0 Å². The van der Waals surface area contributed by atoms with Crippen molar-refractivity contribution in [1.29, 1.82) is 0 Å². The number of nitrogens with zero attached hydrogens (tertiary/aromatic N) is 2. The molecule has 26 heavy (non-hydrogen) atoms. The molecule has 1 saturated heterocycles. The lowest BCUT2D eigenvalue weighted by Gasteiger charge is -2.26. The Labute approximate surface area is 148 Å². The summed E-state index contributed by atoms with van der Waals surface area (Å²) in [4.78, 5) is 24.3. The van der Waals surface area contributed by atoms with Gasteiger partial charge in [-0.3, -0.25) is 9.59 Å². The second-order valence-electron chi connectivity index (χ2n) is 5.81. The van der Waals surface area contributed by atoms with E-state index >= 15 is 0 Å². The van der Waals surface area contributed by atoms with E-state index in [4.69, 9.17) is 0 Å². The van der Waals surface area contributed by atoms with E-state index in [0.717, 1.165) is 15.3 Å². The van der Waals surface area contributed by atoms with Crippen LogP contribution in [0, 0.1) is 0 Å². The Morgan fingerprint density at radius 2 is 2.04 bits per heavy atom. The topological polar surface area (TPSA) is 86.8 Å². The molecule has 0 bridgehead atoms. The van der Waals surface area contributed by atoms with Crippen LogP contribution in [-0.4, -0.2) is 68.8 Å². The molecular formula is C15H18F3N3O4S. The molecule has 1 aromatic carbocycles. The fourth-order valence-electron chi connectivity index (χ4n) is 2.38. The third kappa shape index (κ3) is 4.94. The average molecular weight is 393 g/mol. The van der Waals surface area contributed by atoms with Gasteiger partial charge in [0.2, 0.25) is 15.9 Å². The average Bonchev–Trinajstić information content (AvgIpc) is 2.58. The lowest BCUT2D eigenvalue weighted by atomic mass is 10.2. The largest absolute Gasteiger partial charge is 0.390 e. The summed E-state index contributed by atoms with van der Waals surface area (Å²) in [5.74, 6) is -1.15. The van der Waals surface area contributed by atoms with Crippen LogP contribution in [0.3, 0.4) is 0 Å². The highest BCUT2D eigenvalue weighted by molar-refractivity contribution is 7.89. The van der Waals surface area contributed by atoms with Crippen molar-refractivity contribution in [2.24, 2.45) is 0 Å². The van der Waals surface area contributed by atoms with E-state index in [9.17, 15) is 31.2 Å². The van der Waals surface area contributed by atoms with Crippen molar-refractivity contribution in [3.63, 3.8) is 0 Å². The zero-order valence-electron chi connectivity index (χ0n) is 13.9. The van der Waals surface area contributed by atoms with Crippen molar-refractivity contribution >= 4 is 21.8 Å². The SMILES string of the molecule is CN(CCC(F)(F)F)C(=O)c1cccc(S(=O)(=O)N2CCNC(=O)C2)c1. The monoisotopic (exact) mass is 393 g/mol. The molecule has 0 atom stereocenters. The summed E-state index contributed by atoms with van der Waals surface area (Å²) in [5, 5.41) is 2.51. The Bertz CT molecular complexity index is 796. The molecule has 0 aromatic heterocycles. The zero-order valence-corrected chi connectivity index (χ0v) is 14.7. The number of hydrogen-bond acceptors (Lipinski definition) is 4. The van der Waals surface area contributed by atoms with E-state index in [-0.39, 0.29) is 30.1 Å². The van der Waals surface area contributed by atoms with Crippen molar-refractivity contribution in [2.45, 2.75) is 17.5 Å². The van der Waals surface area contributed by atoms with Crippen molar-refractivity contribution < 1.29 is 31.2 Å². The Morgan fingerprint density at radius 1 is 1.35 bits per heavy atom. The van der Waals surface area contributed by atoms with Crippen LogP contribution < -0.4 is 5.32 Å². The molecule has 1 fully saturated rings. The van der Waals surface area contributed by atoms with Gasteiger partial charge in [0.05, 0.1) is 17.9 Å². The summed E-state index contributed by atoms with van der Waals surface area (Å²) in [6.45, 7) is -0.591. The van der Waals surface area contributed by atoms with Crippen LogP contribution >= 0.6 is 0 Å². The van der Waals surface area contributed by atoms with Crippen molar-refractivity contribution in [3.05, 3.63) is 29.8 Å². The molecule has 0 saturated carbocycles. The highest BCUT2D eigenvalue weighted by Gasteiger charge is 2.31. The van der Waals surface area contributed by atoms with E-state index < -0.39 is 41.0 Å². The van der Waals surface area contributed by atoms with Gasteiger partial charge in [0, 0.05) is 32.2 Å². The summed E-state index contributed by atoms with van der Waals surface area (Å²) in [6.07, 6.45) is -5.55. The second kappa shape index (κ2) is 7.62. The number of benzene rings is 1. The number of carbonyl (C=O) groups excluding carboxylic acids is 2. The van der Waals surface area contributed by atoms with Crippen LogP contribution in [-0.2, 0) is 14.8 Å². The molecule has 2 rings (SSSR count). The zero-order chi connectivity index (χ0) is 19.5. The quantitative estimate of drug-likeness (QED) is 0.803. The van der Waals surface area contributed by atoms with E-state index in [1.165, 1.54) is 25.2 Å². The Kier molecular flexibility index (Phi) is 5.91. The fourth-order valence-corrected chi connectivity index (χ4v) is 3.82. The van der Waals surface area contributed by atoms with Gasteiger partial charge in [0.1, 0.15) is 0 Å². The minimum absolute atomic E-state index is 0.0442. The lowest BCUT2D eigenvalue weighted by Crippen LogP contribution is -2.49. The van der Waals surface area contributed by atoms with Gasteiger partial charge in [-0.05, 0) is 18.2 Å². The van der Waals surface area contributed by atoms with E-state index in [1.54, 1.807) is 0 Å². The van der Waals surface area contributed by atoms with Gasteiger partial charge in [-0.25, -0.2) is 8.42 Å². The predicted octanol–water partition coefficient (Wildman–Crippen LogP) is 0.831. The van der Waals surface area contributed by atoms with E-state index in [0.29, 0.717) is 0 Å². The van der Waals surface area contributed by atoms with Crippen LogP contribution in [0.1, 0.15) is 16.8 Å². The van der Waals surface area contributed by atoms with Crippen molar-refractivity contribution in [1.82, 2.24) is 14.5 Å². The number of rotatable bonds is 5. The van der Waals surface area contributed by atoms with Gasteiger partial charge in [-0.15, -0.1) is 0 Å². The first kappa shape index (κ1) is 20.2. The number of nitrogens with one attached hydrogen (secondary N) is 1. The molecule has 11 heteroatoms. The molecule has 1 aromatic rings. The molecule has 1 aliphatic rings. The number of halogens is 3. The molecule has 2 amide bonds. The summed E-state index contributed by atoms with van der Waals surface area (Å²) in [7, 11) is -2.78.